The maximum atomic E-state index is 10.9. The fourth-order valence-electron chi connectivity index (χ4n) is 0.685. The topological polar surface area (TPSA) is 103 Å². The van der Waals surface area contributed by atoms with Gasteiger partial charge in [0, 0.05) is 12.2 Å². The van der Waals surface area contributed by atoms with Gasteiger partial charge in [0.15, 0.2) is 0 Å². The molecule has 6 nitrogen and oxygen atoms in total. The highest BCUT2D eigenvalue weighted by atomic mass is 32.2. The van der Waals surface area contributed by atoms with E-state index in [4.69, 9.17) is 5.14 Å². The number of rotatable bonds is 5. The number of sulfonamides is 1. The standard InChI is InChI=1S/C8H10N2O4S/c1-3-5-7(10(11)12)6-8(4-2)15(9,13)14/h3-6H,1-2H2,(H2,9,13,14)/b7-5+,8-6+. The molecule has 0 aromatic heterocycles. The van der Waals surface area contributed by atoms with Crippen LogP contribution in [0.25, 0.3) is 0 Å². The molecule has 15 heavy (non-hydrogen) atoms. The van der Waals surface area contributed by atoms with Crippen LogP contribution in [0.15, 0.2) is 48.1 Å². The Kier molecular flexibility index (Phi) is 4.62. The molecule has 0 aromatic rings. The van der Waals surface area contributed by atoms with Gasteiger partial charge in [-0.3, -0.25) is 10.1 Å². The summed E-state index contributed by atoms with van der Waals surface area (Å²) in [6.45, 7) is 6.46. The Morgan fingerprint density at radius 2 is 1.93 bits per heavy atom. The Bertz CT molecular complexity index is 445. The first-order chi connectivity index (χ1) is 6.82. The first-order valence-electron chi connectivity index (χ1n) is 3.67. The van der Waals surface area contributed by atoms with Crippen molar-refractivity contribution in [3.8, 4) is 0 Å². The van der Waals surface area contributed by atoms with Gasteiger partial charge in [-0.05, 0) is 6.08 Å². The minimum atomic E-state index is -4.00. The quantitative estimate of drug-likeness (QED) is 0.426. The molecule has 82 valence electrons. The van der Waals surface area contributed by atoms with E-state index < -0.39 is 25.5 Å². The summed E-state index contributed by atoms with van der Waals surface area (Å²) in [4.78, 5) is 9.27. The molecular formula is C8H10N2O4S. The molecule has 0 aliphatic heterocycles. The molecule has 0 saturated carbocycles. The minimum absolute atomic E-state index is 0.424. The lowest BCUT2D eigenvalue weighted by atomic mass is 10.3. The zero-order chi connectivity index (χ0) is 12.1. The molecule has 0 heterocycles. The molecule has 0 amide bonds. The zero-order valence-corrected chi connectivity index (χ0v) is 8.61. The molecule has 0 rings (SSSR count). The molecule has 0 aliphatic rings. The number of nitro groups is 1. The molecule has 0 atom stereocenters. The number of hydrogen-bond acceptors (Lipinski definition) is 4. The van der Waals surface area contributed by atoms with E-state index in [0.717, 1.165) is 18.2 Å². The molecule has 0 spiro atoms. The third-order valence-corrected chi connectivity index (χ3v) is 2.26. The molecule has 2 N–H and O–H groups in total. The largest absolute Gasteiger partial charge is 0.270 e. The van der Waals surface area contributed by atoms with E-state index in [2.05, 4.69) is 13.2 Å². The second-order valence-corrected chi connectivity index (χ2v) is 3.94. The second kappa shape index (κ2) is 5.23. The van der Waals surface area contributed by atoms with Crippen LogP contribution < -0.4 is 5.14 Å². The summed E-state index contributed by atoms with van der Waals surface area (Å²) >= 11 is 0. The third-order valence-electron chi connectivity index (χ3n) is 1.32. The predicted octanol–water partition coefficient (Wildman–Crippen LogP) is 0.691. The smallest absolute Gasteiger partial charge is 0.258 e. The first kappa shape index (κ1) is 13.3. The molecule has 0 aromatic carbocycles. The van der Waals surface area contributed by atoms with Gasteiger partial charge in [0.2, 0.25) is 10.0 Å². The SMILES string of the molecule is C=C/C=C(\C=C(/C=C)S(N)(=O)=O)[N+](=O)[O-]. The summed E-state index contributed by atoms with van der Waals surface area (Å²) in [5, 5.41) is 15.2. The summed E-state index contributed by atoms with van der Waals surface area (Å²) in [6.07, 6.45) is 3.95. The summed E-state index contributed by atoms with van der Waals surface area (Å²) in [6, 6.07) is 0. The summed E-state index contributed by atoms with van der Waals surface area (Å²) < 4.78 is 21.8. The van der Waals surface area contributed by atoms with Crippen molar-refractivity contribution in [3.63, 3.8) is 0 Å². The van der Waals surface area contributed by atoms with Crippen LogP contribution in [0.3, 0.4) is 0 Å². The third kappa shape index (κ3) is 4.34. The fourth-order valence-corrected chi connectivity index (χ4v) is 1.20. The molecule has 7 heteroatoms. The van der Waals surface area contributed by atoms with Gasteiger partial charge < -0.3 is 0 Å². The highest BCUT2D eigenvalue weighted by Crippen LogP contribution is 2.08. The van der Waals surface area contributed by atoms with E-state index in [9.17, 15) is 18.5 Å². The van der Waals surface area contributed by atoms with E-state index in [0.29, 0.717) is 0 Å². The monoisotopic (exact) mass is 230 g/mol. The number of allylic oxidation sites excluding steroid dienone is 4. The first-order valence-corrected chi connectivity index (χ1v) is 5.21. The number of nitrogens with zero attached hydrogens (tertiary/aromatic N) is 1. The Hall–Kier alpha value is -1.73. The fraction of sp³-hybridized carbons (Fsp3) is 0. The molecule has 0 fully saturated rings. The molecule has 0 bridgehead atoms. The summed E-state index contributed by atoms with van der Waals surface area (Å²) in [5.41, 5.74) is -0.436. The van der Waals surface area contributed by atoms with Gasteiger partial charge in [-0.2, -0.15) is 0 Å². The lowest BCUT2D eigenvalue weighted by Gasteiger charge is -1.96. The molecule has 0 unspecified atom stereocenters. The van der Waals surface area contributed by atoms with Gasteiger partial charge >= 0.3 is 0 Å². The Labute approximate surface area is 87.3 Å². The second-order valence-electron chi connectivity index (χ2n) is 2.38. The predicted molar refractivity (Wildman–Crippen MR) is 56.7 cm³/mol. The van der Waals surface area contributed by atoms with Crippen LogP contribution in [-0.2, 0) is 10.0 Å². The van der Waals surface area contributed by atoms with Crippen molar-refractivity contribution in [3.05, 3.63) is 58.2 Å². The van der Waals surface area contributed by atoms with Crippen molar-refractivity contribution in [1.82, 2.24) is 0 Å². The van der Waals surface area contributed by atoms with Gasteiger partial charge in [-0.25, -0.2) is 13.6 Å². The highest BCUT2D eigenvalue weighted by molar-refractivity contribution is 7.93. The molecular weight excluding hydrogens is 220 g/mol. The lowest BCUT2D eigenvalue weighted by molar-refractivity contribution is -0.419. The molecule has 0 saturated heterocycles. The van der Waals surface area contributed by atoms with Crippen molar-refractivity contribution in [2.75, 3.05) is 0 Å². The summed E-state index contributed by atoms with van der Waals surface area (Å²) in [5.74, 6) is 0. The van der Waals surface area contributed by atoms with Crippen molar-refractivity contribution < 1.29 is 13.3 Å². The molecule has 0 radical (unpaired) electrons. The Balaban J connectivity index is 5.50. The number of nitrogens with two attached hydrogens (primary N) is 1. The minimum Gasteiger partial charge on any atom is -0.258 e. The van der Waals surface area contributed by atoms with Crippen LogP contribution in [0.2, 0.25) is 0 Å². The van der Waals surface area contributed by atoms with Crippen LogP contribution in [-0.4, -0.2) is 13.3 Å². The van der Waals surface area contributed by atoms with Crippen molar-refractivity contribution >= 4 is 10.0 Å². The van der Waals surface area contributed by atoms with Gasteiger partial charge in [0.25, 0.3) is 5.70 Å². The van der Waals surface area contributed by atoms with Gasteiger partial charge in [0.1, 0.15) is 0 Å². The van der Waals surface area contributed by atoms with Gasteiger partial charge in [-0.1, -0.05) is 19.2 Å². The number of hydrogen-bond donors (Lipinski definition) is 1. The van der Waals surface area contributed by atoms with Crippen molar-refractivity contribution in [2.24, 2.45) is 5.14 Å². The van der Waals surface area contributed by atoms with Crippen LogP contribution in [0.5, 0.6) is 0 Å². The van der Waals surface area contributed by atoms with Crippen LogP contribution in [0, 0.1) is 10.1 Å². The van der Waals surface area contributed by atoms with Gasteiger partial charge in [0.05, 0.1) is 9.83 Å². The van der Waals surface area contributed by atoms with E-state index in [1.165, 1.54) is 6.08 Å². The lowest BCUT2D eigenvalue weighted by Crippen LogP contribution is -2.14. The highest BCUT2D eigenvalue weighted by Gasteiger charge is 2.13. The van der Waals surface area contributed by atoms with Crippen LogP contribution in [0.1, 0.15) is 0 Å². The average molecular weight is 230 g/mol. The van der Waals surface area contributed by atoms with E-state index >= 15 is 0 Å². The molecule has 0 aliphatic carbocycles. The van der Waals surface area contributed by atoms with Crippen molar-refractivity contribution in [2.45, 2.75) is 0 Å². The maximum absolute atomic E-state index is 10.9. The van der Waals surface area contributed by atoms with E-state index in [-0.39, 0.29) is 0 Å². The Morgan fingerprint density at radius 3 is 2.20 bits per heavy atom. The van der Waals surface area contributed by atoms with E-state index in [1.807, 2.05) is 0 Å². The van der Waals surface area contributed by atoms with Crippen molar-refractivity contribution in [1.29, 1.82) is 0 Å². The Morgan fingerprint density at radius 1 is 1.40 bits per heavy atom. The maximum Gasteiger partial charge on any atom is 0.270 e. The normalized spacial score (nSPS) is 13.4. The van der Waals surface area contributed by atoms with Crippen LogP contribution >= 0.6 is 0 Å². The number of primary sulfonamides is 1. The zero-order valence-electron chi connectivity index (χ0n) is 7.79. The van der Waals surface area contributed by atoms with Crippen LogP contribution in [0.4, 0.5) is 0 Å². The average Bonchev–Trinajstić information content (AvgIpc) is 2.09. The van der Waals surface area contributed by atoms with E-state index in [1.54, 1.807) is 0 Å². The van der Waals surface area contributed by atoms with Gasteiger partial charge in [-0.15, -0.1) is 0 Å². The summed E-state index contributed by atoms with van der Waals surface area (Å²) in [7, 11) is -4.00.